The number of halogens is 3. The first-order valence-electron chi connectivity index (χ1n) is 24.7. The van der Waals surface area contributed by atoms with Gasteiger partial charge in [-0.2, -0.15) is 20.4 Å². The number of H-pyrrole nitrogens is 1. The van der Waals surface area contributed by atoms with E-state index in [1.165, 1.54) is 48.2 Å². The minimum Gasteiger partial charge on any atom is -0.505 e. The van der Waals surface area contributed by atoms with Crippen molar-refractivity contribution in [3.05, 3.63) is 237 Å². The van der Waals surface area contributed by atoms with E-state index in [2.05, 4.69) is 36.1 Å². The normalized spacial score (nSPS) is 10.8. The number of aromatic amines is 1. The van der Waals surface area contributed by atoms with Crippen LogP contribution in [0.15, 0.2) is 192 Å². The average molecular weight is 1160 g/mol. The van der Waals surface area contributed by atoms with Crippen molar-refractivity contribution in [3.63, 3.8) is 0 Å². The number of benzene rings is 6. The summed E-state index contributed by atoms with van der Waals surface area (Å²) in [6, 6.07) is 37.4. The van der Waals surface area contributed by atoms with Crippen molar-refractivity contribution in [1.29, 1.82) is 0 Å². The number of carbonyl (C=O) groups excluding carboxylic acids is 2. The predicted octanol–water partition coefficient (Wildman–Crippen LogP) is 13.7. The molecule has 420 valence electrons. The molecule has 4 aromatic heterocycles. The quantitative estimate of drug-likeness (QED) is 0.0219. The maximum absolute atomic E-state index is 13.6. The summed E-state index contributed by atoms with van der Waals surface area (Å²) in [5, 5.41) is 54.0. The van der Waals surface area contributed by atoms with Crippen LogP contribution in [-0.2, 0) is 0 Å². The van der Waals surface area contributed by atoms with Crippen LogP contribution in [0.4, 0.5) is 36.1 Å². The van der Waals surface area contributed by atoms with Gasteiger partial charge in [0.25, 0.3) is 0 Å². The summed E-state index contributed by atoms with van der Waals surface area (Å²) < 4.78 is 45.9. The molecule has 0 atom stereocenters. The second-order valence-electron chi connectivity index (χ2n) is 17.6. The van der Waals surface area contributed by atoms with Crippen LogP contribution in [0.1, 0.15) is 37.4 Å². The second kappa shape index (κ2) is 28.7. The van der Waals surface area contributed by atoms with Crippen molar-refractivity contribution < 1.29 is 38.1 Å². The van der Waals surface area contributed by atoms with E-state index in [1.807, 2.05) is 122 Å². The molecule has 22 heteroatoms. The van der Waals surface area contributed by atoms with Crippen LogP contribution in [0.25, 0.3) is 28.3 Å². The zero-order chi connectivity index (χ0) is 58.9. The summed E-state index contributed by atoms with van der Waals surface area (Å²) >= 11 is 4.50. The number of rotatable bonds is 15. The molecule has 0 aliphatic rings. The second-order valence-corrected chi connectivity index (χ2v) is 20.4. The summed E-state index contributed by atoms with van der Waals surface area (Å²) in [5.41, 5.74) is 14.6. The van der Waals surface area contributed by atoms with Crippen LogP contribution in [-0.4, -0.2) is 85.2 Å². The molecule has 82 heavy (non-hydrogen) atoms. The maximum Gasteiger partial charge on any atom is 0.188 e. The van der Waals surface area contributed by atoms with Crippen LogP contribution >= 0.6 is 35.3 Å². The zero-order valence-electron chi connectivity index (χ0n) is 45.0. The fraction of sp³-hybridized carbons (Fsp3) is 0.100. The molecule has 10 aromatic rings. The lowest BCUT2D eigenvalue weighted by molar-refractivity contribution is 0.103. The minimum atomic E-state index is -0.718. The Morgan fingerprint density at radius 1 is 0.561 bits per heavy atom. The molecule has 0 aliphatic carbocycles. The van der Waals surface area contributed by atoms with Gasteiger partial charge in [-0.05, 0) is 159 Å². The van der Waals surface area contributed by atoms with Crippen molar-refractivity contribution in [3.8, 4) is 45.6 Å². The summed E-state index contributed by atoms with van der Waals surface area (Å²) in [5.74, 6) is -2.78. The number of aromatic nitrogens is 8. The van der Waals surface area contributed by atoms with Gasteiger partial charge in [0.05, 0.1) is 27.8 Å². The summed E-state index contributed by atoms with van der Waals surface area (Å²) in [7, 11) is 0. The van der Waals surface area contributed by atoms with Gasteiger partial charge in [-0.3, -0.25) is 14.7 Å². The first-order chi connectivity index (χ1) is 39.4. The molecule has 0 saturated carbocycles. The lowest BCUT2D eigenvalue weighted by Crippen LogP contribution is -2.03. The minimum absolute atomic E-state index is 0.0331. The molecular formula is C60H56F3N11O5S3. The predicted molar refractivity (Wildman–Crippen MR) is 323 cm³/mol. The van der Waals surface area contributed by atoms with E-state index in [0.717, 1.165) is 44.2 Å². The molecule has 0 unspecified atom stereocenters. The average Bonchev–Trinajstić information content (AvgIpc) is 4.52. The van der Waals surface area contributed by atoms with Gasteiger partial charge >= 0.3 is 0 Å². The van der Waals surface area contributed by atoms with Crippen molar-refractivity contribution in [2.45, 2.75) is 20.8 Å². The maximum atomic E-state index is 13.6. The summed E-state index contributed by atoms with van der Waals surface area (Å²) in [6.07, 6.45) is 19.6. The van der Waals surface area contributed by atoms with Crippen molar-refractivity contribution in [1.82, 2.24) is 39.5 Å². The fourth-order valence-electron chi connectivity index (χ4n) is 7.44. The van der Waals surface area contributed by atoms with Gasteiger partial charge in [0.15, 0.2) is 52.1 Å². The third kappa shape index (κ3) is 16.4. The highest BCUT2D eigenvalue weighted by atomic mass is 32.2. The molecule has 0 spiro atoms. The van der Waals surface area contributed by atoms with Gasteiger partial charge in [0, 0.05) is 106 Å². The first-order valence-corrected chi connectivity index (χ1v) is 28.4. The van der Waals surface area contributed by atoms with E-state index in [-0.39, 0.29) is 23.1 Å². The standard InChI is InChI=1S/C20H18FN3O2S.C19H16FN5O.C14H14N2OS2.C7H8FNO/c1-13-10-19(26)16(21)11-17(13)23-20(27-2)12-18(25)14-4-6-15(7-5-14)24-9-3-8-22-24;1-12-9-18(26)15(20)10-16(12)22-19-11-17(23-24-19)13-3-5-14(6-4-13)25-8-2-7-21-25;1-18-14(19-2)10-13(17)11-4-6-12(7-5-11)16-9-3-8-15-16;1-4-2-7(10)5(8)3-6(4)9/h3-12,23,26H,1-2H3;2-11,26H,1H3,(H2,22,23,24);3-10H,1-2H3;2-3,10H,9H2,1H3/b20-12-;;;. The van der Waals surface area contributed by atoms with Crippen molar-refractivity contribution >= 4 is 69.7 Å². The Morgan fingerprint density at radius 2 is 0.988 bits per heavy atom. The number of hydrogen-bond donors (Lipinski definition) is 7. The van der Waals surface area contributed by atoms with E-state index in [9.17, 15) is 33.0 Å². The zero-order valence-corrected chi connectivity index (χ0v) is 47.5. The molecule has 0 bridgehead atoms. The monoisotopic (exact) mass is 1160 g/mol. The molecule has 4 heterocycles. The molecule has 0 saturated heterocycles. The number of phenolic OH excluding ortho intramolecular Hbond substituents is 3. The number of ketones is 2. The summed E-state index contributed by atoms with van der Waals surface area (Å²) in [4.78, 5) is 24.6. The molecule has 16 nitrogen and oxygen atoms in total. The Kier molecular flexibility index (Phi) is 21.1. The van der Waals surface area contributed by atoms with Gasteiger partial charge in [0.1, 0.15) is 0 Å². The lowest BCUT2D eigenvalue weighted by atomic mass is 10.1. The van der Waals surface area contributed by atoms with Crippen LogP contribution in [0.2, 0.25) is 0 Å². The Bertz CT molecular complexity index is 3750. The molecule has 0 fully saturated rings. The van der Waals surface area contributed by atoms with Gasteiger partial charge < -0.3 is 31.7 Å². The number of aryl methyl sites for hydroxylation is 3. The number of nitrogens with two attached hydrogens (primary N) is 1. The van der Waals surface area contributed by atoms with E-state index >= 15 is 0 Å². The van der Waals surface area contributed by atoms with Crippen LogP contribution in [0, 0.1) is 38.2 Å². The topological polar surface area (TPSA) is 227 Å². The molecule has 10 rings (SSSR count). The van der Waals surface area contributed by atoms with Crippen LogP contribution in [0.3, 0.4) is 0 Å². The number of phenols is 3. The summed E-state index contributed by atoms with van der Waals surface area (Å²) in [6.45, 7) is 5.23. The molecular weight excluding hydrogens is 1110 g/mol. The molecule has 0 aliphatic heterocycles. The highest BCUT2D eigenvalue weighted by molar-refractivity contribution is 8.21. The van der Waals surface area contributed by atoms with E-state index in [1.54, 1.807) is 95.1 Å². The molecule has 0 amide bonds. The van der Waals surface area contributed by atoms with Crippen molar-refractivity contribution in [2.75, 3.05) is 35.1 Å². The number of anilines is 4. The number of nitrogens with zero attached hydrogens (tertiary/aromatic N) is 7. The Balaban J connectivity index is 0.000000165. The van der Waals surface area contributed by atoms with Gasteiger partial charge in [-0.25, -0.2) is 27.2 Å². The largest absolute Gasteiger partial charge is 0.505 e. The smallest absolute Gasteiger partial charge is 0.188 e. The van der Waals surface area contributed by atoms with Crippen LogP contribution in [0.5, 0.6) is 17.2 Å². The first kappa shape index (κ1) is 60.3. The number of nitrogen functional groups attached to an aromatic ring is 1. The number of carbonyl (C=O) groups is 2. The third-order valence-electron chi connectivity index (χ3n) is 11.9. The Labute approximate surface area is 483 Å². The van der Waals surface area contributed by atoms with Gasteiger partial charge in [-0.15, -0.1) is 35.3 Å². The number of allylic oxidation sites excluding steroid dienone is 2. The number of thioether (sulfide) groups is 3. The van der Waals surface area contributed by atoms with E-state index in [0.29, 0.717) is 50.2 Å². The van der Waals surface area contributed by atoms with Gasteiger partial charge in [-0.1, -0.05) is 12.1 Å². The Morgan fingerprint density at radius 3 is 1.43 bits per heavy atom. The van der Waals surface area contributed by atoms with Crippen molar-refractivity contribution in [2.24, 2.45) is 0 Å². The Hall–Kier alpha value is -9.38. The molecule has 0 radical (unpaired) electrons. The number of hydrogen-bond acceptors (Lipinski definition) is 15. The SMILES string of the molecule is CS/C(=C\C(=O)c1ccc(-n2cccn2)cc1)Nc1cc(F)c(O)cc1C.CSC(=CC(=O)c1ccc(-n2cccn2)cc1)SC.Cc1cc(O)c(F)cc1N.Cc1cc(O)c(F)cc1Nc1cc(-c2ccc(-n3cccn3)cc2)[nH]n1. The number of nitrogens with one attached hydrogen (secondary N) is 3. The highest BCUT2D eigenvalue weighted by Gasteiger charge is 2.13. The van der Waals surface area contributed by atoms with Gasteiger partial charge in [0.2, 0.25) is 0 Å². The third-order valence-corrected chi connectivity index (χ3v) is 14.6. The van der Waals surface area contributed by atoms with E-state index < -0.39 is 23.2 Å². The van der Waals surface area contributed by atoms with E-state index in [4.69, 9.17) is 10.8 Å². The molecule has 6 aromatic carbocycles. The number of aromatic hydroxyl groups is 3. The highest BCUT2D eigenvalue weighted by Crippen LogP contribution is 2.30. The molecule has 8 N–H and O–H groups in total. The van der Waals surface area contributed by atoms with Crippen LogP contribution < -0.4 is 16.4 Å². The lowest BCUT2D eigenvalue weighted by Gasteiger charge is -2.12. The fourth-order valence-corrected chi connectivity index (χ4v) is 9.00.